The molecule has 4 nitrogen and oxygen atoms in total. The highest BCUT2D eigenvalue weighted by atomic mass is 19.1. The summed E-state index contributed by atoms with van der Waals surface area (Å²) in [6, 6.07) is 5.71. The monoisotopic (exact) mass is 362 g/mol. The minimum atomic E-state index is -1.01. The van der Waals surface area contributed by atoms with Crippen molar-refractivity contribution in [3.8, 4) is 0 Å². The molecule has 0 bridgehead atoms. The standard InChI is InChI=1S/C21H27FO4/c1-2-3-14-12-15(13-14)19(23)26-18-8-10-21(11-9-18,20(24)25)16-4-6-17(22)7-5-16/h4-7,14-15,18H,2-3,8-13H2,1H3,(H,24,25). The highest BCUT2D eigenvalue weighted by molar-refractivity contribution is 5.81. The Bertz CT molecular complexity index is 640. The number of ether oxygens (including phenoxy) is 1. The molecular weight excluding hydrogens is 335 g/mol. The van der Waals surface area contributed by atoms with E-state index in [0.29, 0.717) is 37.2 Å². The Balaban J connectivity index is 1.56. The third-order valence-electron chi connectivity index (χ3n) is 6.14. The summed E-state index contributed by atoms with van der Waals surface area (Å²) in [5.41, 5.74) is -0.392. The molecule has 0 spiro atoms. The Morgan fingerprint density at radius 3 is 2.35 bits per heavy atom. The van der Waals surface area contributed by atoms with E-state index >= 15 is 0 Å². The largest absolute Gasteiger partial charge is 0.481 e. The van der Waals surface area contributed by atoms with Crippen molar-refractivity contribution in [3.05, 3.63) is 35.6 Å². The van der Waals surface area contributed by atoms with E-state index < -0.39 is 11.4 Å². The number of rotatable bonds is 6. The second-order valence-corrected chi connectivity index (χ2v) is 7.85. The maximum Gasteiger partial charge on any atom is 0.314 e. The zero-order chi connectivity index (χ0) is 18.7. The van der Waals surface area contributed by atoms with Gasteiger partial charge in [0.25, 0.3) is 0 Å². The first-order chi connectivity index (χ1) is 12.4. The fourth-order valence-electron chi connectivity index (χ4n) is 4.43. The van der Waals surface area contributed by atoms with Gasteiger partial charge in [0.1, 0.15) is 11.9 Å². The third kappa shape index (κ3) is 3.76. The van der Waals surface area contributed by atoms with Gasteiger partial charge in [-0.2, -0.15) is 0 Å². The molecule has 1 N–H and O–H groups in total. The summed E-state index contributed by atoms with van der Waals surface area (Å²) >= 11 is 0. The summed E-state index contributed by atoms with van der Waals surface area (Å²) in [4.78, 5) is 24.2. The maximum absolute atomic E-state index is 13.2. The number of halogens is 1. The van der Waals surface area contributed by atoms with Crippen molar-refractivity contribution < 1.29 is 23.8 Å². The van der Waals surface area contributed by atoms with E-state index in [9.17, 15) is 19.1 Å². The Kier molecular flexibility index (Phi) is 5.64. The van der Waals surface area contributed by atoms with Crippen LogP contribution in [0.2, 0.25) is 0 Å². The number of aliphatic carboxylic acids is 1. The quantitative estimate of drug-likeness (QED) is 0.759. The number of carbonyl (C=O) groups is 2. The fraction of sp³-hybridized carbons (Fsp3) is 0.619. The molecule has 0 aromatic heterocycles. The lowest BCUT2D eigenvalue weighted by molar-refractivity contribution is -0.162. The van der Waals surface area contributed by atoms with Gasteiger partial charge in [0, 0.05) is 0 Å². The number of carboxylic acids is 1. The van der Waals surface area contributed by atoms with E-state index in [0.717, 1.165) is 19.3 Å². The predicted octanol–water partition coefficient (Wildman–Crippen LogP) is 4.46. The Labute approximate surface area is 153 Å². The van der Waals surface area contributed by atoms with Gasteiger partial charge in [-0.25, -0.2) is 4.39 Å². The molecule has 1 aromatic rings. The van der Waals surface area contributed by atoms with Gasteiger partial charge >= 0.3 is 11.9 Å². The highest BCUT2D eigenvalue weighted by Gasteiger charge is 2.45. The molecule has 0 heterocycles. The molecule has 0 unspecified atom stereocenters. The van der Waals surface area contributed by atoms with Crippen LogP contribution in [0.15, 0.2) is 24.3 Å². The van der Waals surface area contributed by atoms with Crippen LogP contribution in [0.4, 0.5) is 4.39 Å². The van der Waals surface area contributed by atoms with Crippen LogP contribution in [0.25, 0.3) is 0 Å². The normalized spacial score (nSPS) is 31.1. The van der Waals surface area contributed by atoms with E-state index in [1.165, 1.54) is 18.6 Å². The van der Waals surface area contributed by atoms with Crippen molar-refractivity contribution in [2.75, 3.05) is 0 Å². The van der Waals surface area contributed by atoms with Crippen molar-refractivity contribution in [1.29, 1.82) is 0 Å². The Morgan fingerprint density at radius 2 is 1.81 bits per heavy atom. The van der Waals surface area contributed by atoms with Gasteiger partial charge < -0.3 is 9.84 Å². The lowest BCUT2D eigenvalue weighted by Crippen LogP contribution is -2.42. The number of carboxylic acid groups (broad SMARTS) is 1. The van der Waals surface area contributed by atoms with Crippen LogP contribution in [-0.2, 0) is 19.7 Å². The van der Waals surface area contributed by atoms with Gasteiger partial charge in [0.05, 0.1) is 11.3 Å². The zero-order valence-electron chi connectivity index (χ0n) is 15.2. The summed E-state index contributed by atoms with van der Waals surface area (Å²) in [5.74, 6) is -0.710. The summed E-state index contributed by atoms with van der Waals surface area (Å²) in [6.07, 6.45) is 5.82. The predicted molar refractivity (Wildman–Crippen MR) is 95.2 cm³/mol. The summed E-state index contributed by atoms with van der Waals surface area (Å²) in [5, 5.41) is 9.79. The Hall–Kier alpha value is -1.91. The first-order valence-corrected chi connectivity index (χ1v) is 9.64. The van der Waals surface area contributed by atoms with Crippen LogP contribution >= 0.6 is 0 Å². The average Bonchev–Trinajstić information content (AvgIpc) is 2.59. The fourth-order valence-corrected chi connectivity index (χ4v) is 4.43. The third-order valence-corrected chi connectivity index (χ3v) is 6.14. The molecule has 2 aliphatic rings. The van der Waals surface area contributed by atoms with Gasteiger partial charge in [0.15, 0.2) is 0 Å². The Morgan fingerprint density at radius 1 is 1.19 bits per heavy atom. The molecule has 0 atom stereocenters. The molecule has 0 aliphatic heterocycles. The van der Waals surface area contributed by atoms with Crippen molar-refractivity contribution in [2.45, 2.75) is 69.8 Å². The summed E-state index contributed by atoms with van der Waals surface area (Å²) in [7, 11) is 0. The minimum Gasteiger partial charge on any atom is -0.481 e. The van der Waals surface area contributed by atoms with Gasteiger partial charge in [0.2, 0.25) is 0 Å². The second kappa shape index (κ2) is 7.77. The first-order valence-electron chi connectivity index (χ1n) is 9.64. The van der Waals surface area contributed by atoms with Crippen LogP contribution in [-0.4, -0.2) is 23.1 Å². The number of benzene rings is 1. The summed E-state index contributed by atoms with van der Waals surface area (Å²) < 4.78 is 18.8. The molecule has 26 heavy (non-hydrogen) atoms. The molecule has 0 saturated heterocycles. The minimum absolute atomic E-state index is 0.0230. The first kappa shape index (κ1) is 18.9. The molecule has 2 aliphatic carbocycles. The zero-order valence-corrected chi connectivity index (χ0v) is 15.2. The molecule has 0 amide bonds. The topological polar surface area (TPSA) is 63.6 Å². The van der Waals surface area contributed by atoms with Crippen LogP contribution in [0, 0.1) is 17.7 Å². The van der Waals surface area contributed by atoms with Crippen molar-refractivity contribution >= 4 is 11.9 Å². The molecule has 2 saturated carbocycles. The van der Waals surface area contributed by atoms with E-state index in [2.05, 4.69) is 6.92 Å². The van der Waals surface area contributed by atoms with Gasteiger partial charge in [-0.05, 0) is 62.1 Å². The number of esters is 1. The average molecular weight is 362 g/mol. The molecule has 1 aromatic carbocycles. The van der Waals surface area contributed by atoms with Crippen molar-refractivity contribution in [1.82, 2.24) is 0 Å². The highest BCUT2D eigenvalue weighted by Crippen LogP contribution is 2.42. The van der Waals surface area contributed by atoms with Crippen LogP contribution < -0.4 is 0 Å². The number of hydrogen-bond donors (Lipinski definition) is 1. The van der Waals surface area contributed by atoms with Crippen LogP contribution in [0.1, 0.15) is 63.9 Å². The molecule has 5 heteroatoms. The number of carbonyl (C=O) groups excluding carboxylic acids is 1. The summed E-state index contributed by atoms with van der Waals surface area (Å²) in [6.45, 7) is 2.16. The lowest BCUT2D eigenvalue weighted by atomic mass is 9.68. The van der Waals surface area contributed by atoms with Crippen molar-refractivity contribution in [3.63, 3.8) is 0 Å². The SMILES string of the molecule is CCCC1CC(C(=O)OC2CCC(C(=O)O)(c3ccc(F)cc3)CC2)C1. The molecule has 2 fully saturated rings. The van der Waals surface area contributed by atoms with Gasteiger partial charge in [-0.1, -0.05) is 31.9 Å². The van der Waals surface area contributed by atoms with E-state index in [1.54, 1.807) is 12.1 Å². The van der Waals surface area contributed by atoms with Gasteiger partial charge in [-0.15, -0.1) is 0 Å². The van der Waals surface area contributed by atoms with E-state index in [1.807, 2.05) is 0 Å². The molecule has 3 rings (SSSR count). The van der Waals surface area contributed by atoms with Crippen LogP contribution in [0.5, 0.6) is 0 Å². The van der Waals surface area contributed by atoms with E-state index in [-0.39, 0.29) is 23.8 Å². The lowest BCUT2D eigenvalue weighted by Gasteiger charge is -2.39. The van der Waals surface area contributed by atoms with Crippen molar-refractivity contribution in [2.24, 2.45) is 11.8 Å². The second-order valence-electron chi connectivity index (χ2n) is 7.85. The smallest absolute Gasteiger partial charge is 0.314 e. The van der Waals surface area contributed by atoms with E-state index in [4.69, 9.17) is 4.74 Å². The molecular formula is C21H27FO4. The number of hydrogen-bond acceptors (Lipinski definition) is 3. The van der Waals surface area contributed by atoms with Crippen LogP contribution in [0.3, 0.4) is 0 Å². The maximum atomic E-state index is 13.2. The molecule has 0 radical (unpaired) electrons. The van der Waals surface area contributed by atoms with Gasteiger partial charge in [-0.3, -0.25) is 9.59 Å². The molecule has 142 valence electrons.